The Morgan fingerprint density at radius 2 is 1.76 bits per heavy atom. The van der Waals surface area contributed by atoms with E-state index >= 15 is 0 Å². The van der Waals surface area contributed by atoms with E-state index in [9.17, 15) is 31.1 Å². The van der Waals surface area contributed by atoms with Crippen molar-refractivity contribution >= 4 is 5.91 Å². The van der Waals surface area contributed by atoms with E-state index in [2.05, 4.69) is 10.2 Å². The zero-order chi connectivity index (χ0) is 23.7. The first kappa shape index (κ1) is 21.5. The topological polar surface area (TPSA) is 56.0 Å². The summed E-state index contributed by atoms with van der Waals surface area (Å²) in [5.74, 6) is -5.09. The molecule has 1 aliphatic carbocycles. The summed E-state index contributed by atoms with van der Waals surface area (Å²) < 4.78 is 83.9. The van der Waals surface area contributed by atoms with Crippen LogP contribution in [0.4, 0.5) is 26.3 Å². The molecule has 1 aromatic carbocycles. The van der Waals surface area contributed by atoms with Gasteiger partial charge in [0.15, 0.2) is 23.1 Å². The van der Waals surface area contributed by atoms with Crippen molar-refractivity contribution in [2.45, 2.75) is 38.0 Å². The number of rotatable bonds is 3. The highest BCUT2D eigenvalue weighted by Crippen LogP contribution is 2.39. The van der Waals surface area contributed by atoms with Crippen molar-refractivity contribution in [1.82, 2.24) is 24.5 Å². The summed E-state index contributed by atoms with van der Waals surface area (Å²) in [7, 11) is 1.53. The summed E-state index contributed by atoms with van der Waals surface area (Å²) in [4.78, 5) is 14.3. The van der Waals surface area contributed by atoms with Gasteiger partial charge in [0, 0.05) is 30.9 Å². The summed E-state index contributed by atoms with van der Waals surface area (Å²) >= 11 is 0. The second-order valence-corrected chi connectivity index (χ2v) is 8.23. The molecule has 0 radical (unpaired) electrons. The fourth-order valence-corrected chi connectivity index (χ4v) is 4.20. The molecule has 1 saturated carbocycles. The van der Waals surface area contributed by atoms with Crippen LogP contribution in [0.15, 0.2) is 18.3 Å². The van der Waals surface area contributed by atoms with E-state index in [0.29, 0.717) is 29.8 Å². The maximum Gasteiger partial charge on any atom is 0.435 e. The Morgan fingerprint density at radius 1 is 1.09 bits per heavy atom. The molecule has 0 spiro atoms. The fraction of sp³-hybridized carbons (Fsp3) is 0.381. The van der Waals surface area contributed by atoms with Crippen molar-refractivity contribution in [2.75, 3.05) is 6.54 Å². The molecule has 5 rings (SSSR count). The van der Waals surface area contributed by atoms with Crippen LogP contribution in [0, 0.1) is 17.5 Å². The van der Waals surface area contributed by atoms with Crippen LogP contribution in [0.2, 0.25) is 0 Å². The van der Waals surface area contributed by atoms with Crippen LogP contribution < -0.4 is 0 Å². The second kappa shape index (κ2) is 7.35. The van der Waals surface area contributed by atoms with E-state index in [0.717, 1.165) is 18.3 Å². The third-order valence-corrected chi connectivity index (χ3v) is 5.90. The van der Waals surface area contributed by atoms with Gasteiger partial charge in [-0.2, -0.15) is 23.4 Å². The van der Waals surface area contributed by atoms with Gasteiger partial charge in [0.25, 0.3) is 5.91 Å². The van der Waals surface area contributed by atoms with Gasteiger partial charge in [-0.3, -0.25) is 14.2 Å². The molecule has 3 aromatic rings. The van der Waals surface area contributed by atoms with Crippen LogP contribution >= 0.6 is 0 Å². The van der Waals surface area contributed by atoms with Crippen LogP contribution in [-0.4, -0.2) is 36.9 Å². The summed E-state index contributed by atoms with van der Waals surface area (Å²) in [5, 5.41) is 7.90. The Morgan fingerprint density at radius 3 is 2.36 bits per heavy atom. The summed E-state index contributed by atoms with van der Waals surface area (Å²) in [5.41, 5.74) is -0.321. The van der Waals surface area contributed by atoms with E-state index in [1.807, 2.05) is 0 Å². The van der Waals surface area contributed by atoms with Crippen LogP contribution in [0.1, 0.15) is 46.2 Å². The number of hydrogen-bond acceptors (Lipinski definition) is 3. The first-order chi connectivity index (χ1) is 15.5. The molecule has 1 fully saturated rings. The molecule has 0 N–H and O–H groups in total. The second-order valence-electron chi connectivity index (χ2n) is 8.23. The average Bonchev–Trinajstić information content (AvgIpc) is 3.39. The van der Waals surface area contributed by atoms with E-state index in [1.165, 1.54) is 21.3 Å². The molecule has 1 aliphatic heterocycles. The third kappa shape index (κ3) is 3.66. The average molecular weight is 469 g/mol. The van der Waals surface area contributed by atoms with Crippen molar-refractivity contribution in [1.29, 1.82) is 0 Å². The van der Waals surface area contributed by atoms with Gasteiger partial charge in [-0.15, -0.1) is 0 Å². The minimum atomic E-state index is -4.78. The standard InChI is InChI=1S/C21H17F6N5O/c1-30-18(10-6-14(22)17(24)15(23)7-10)12-4-5-31(9-16(12)28-30)20(33)13-8-32(11-2-3-11)29-19(13)21(25,26)27/h6-8,11H,2-5,9H2,1H3. The van der Waals surface area contributed by atoms with Crippen LogP contribution in [0.3, 0.4) is 0 Å². The number of aromatic nitrogens is 4. The summed E-state index contributed by atoms with van der Waals surface area (Å²) in [6.07, 6.45) is -2.02. The van der Waals surface area contributed by atoms with E-state index < -0.39 is 40.8 Å². The largest absolute Gasteiger partial charge is 0.435 e. The van der Waals surface area contributed by atoms with Crippen LogP contribution in [-0.2, 0) is 26.2 Å². The highest BCUT2D eigenvalue weighted by atomic mass is 19.4. The minimum absolute atomic E-state index is 0.0720. The smallest absolute Gasteiger partial charge is 0.332 e. The number of alkyl halides is 3. The Labute approximate surface area is 183 Å². The van der Waals surface area contributed by atoms with Gasteiger partial charge in [0.05, 0.1) is 29.5 Å². The SMILES string of the molecule is Cn1nc2c(c1-c1cc(F)c(F)c(F)c1)CCN(C(=O)c1cn(C3CC3)nc1C(F)(F)F)C2. The number of fused-ring (bicyclic) bond motifs is 1. The molecular weight excluding hydrogens is 452 g/mol. The molecule has 2 aromatic heterocycles. The number of amides is 1. The lowest BCUT2D eigenvalue weighted by atomic mass is 9.99. The highest BCUT2D eigenvalue weighted by molar-refractivity contribution is 5.95. The van der Waals surface area contributed by atoms with Gasteiger partial charge in [-0.05, 0) is 31.4 Å². The molecule has 2 aliphatic rings. The maximum atomic E-state index is 13.8. The lowest BCUT2D eigenvalue weighted by Gasteiger charge is -2.26. The van der Waals surface area contributed by atoms with Gasteiger partial charge < -0.3 is 4.90 Å². The Kier molecular flexibility index (Phi) is 4.80. The number of halogens is 6. The van der Waals surface area contributed by atoms with Gasteiger partial charge >= 0.3 is 6.18 Å². The summed E-state index contributed by atoms with van der Waals surface area (Å²) in [6, 6.07) is 1.58. The number of hydrogen-bond donors (Lipinski definition) is 0. The van der Waals surface area contributed by atoms with Crippen LogP contribution in [0.25, 0.3) is 11.3 Å². The lowest BCUT2D eigenvalue weighted by molar-refractivity contribution is -0.141. The molecule has 1 amide bonds. The molecule has 0 atom stereocenters. The van der Waals surface area contributed by atoms with E-state index in [1.54, 1.807) is 0 Å². The van der Waals surface area contributed by atoms with Crippen molar-refractivity contribution in [3.63, 3.8) is 0 Å². The number of carbonyl (C=O) groups is 1. The van der Waals surface area contributed by atoms with Gasteiger partial charge in [-0.25, -0.2) is 13.2 Å². The quantitative estimate of drug-likeness (QED) is 0.426. The molecule has 33 heavy (non-hydrogen) atoms. The molecule has 0 saturated heterocycles. The van der Waals surface area contributed by atoms with Crippen LogP contribution in [0.5, 0.6) is 0 Å². The van der Waals surface area contributed by atoms with Gasteiger partial charge in [0.1, 0.15) is 0 Å². The molecule has 12 heteroatoms. The van der Waals surface area contributed by atoms with Gasteiger partial charge in [-0.1, -0.05) is 0 Å². The maximum absolute atomic E-state index is 13.8. The normalized spacial score (nSPS) is 16.3. The summed E-state index contributed by atoms with van der Waals surface area (Å²) in [6.45, 7) is -0.0112. The first-order valence-electron chi connectivity index (χ1n) is 10.2. The molecular formula is C21H17F6N5O. The van der Waals surface area contributed by atoms with Gasteiger partial charge in [0.2, 0.25) is 0 Å². The molecule has 174 valence electrons. The van der Waals surface area contributed by atoms with Crippen molar-refractivity contribution in [3.8, 4) is 11.3 Å². The molecule has 3 heterocycles. The van der Waals surface area contributed by atoms with Crippen molar-refractivity contribution < 1.29 is 31.1 Å². The van der Waals surface area contributed by atoms with Crippen molar-refractivity contribution in [2.24, 2.45) is 7.05 Å². The lowest BCUT2D eigenvalue weighted by Crippen LogP contribution is -2.36. The monoisotopic (exact) mass is 469 g/mol. The van der Waals surface area contributed by atoms with E-state index in [4.69, 9.17) is 0 Å². The Hall–Kier alpha value is -3.31. The third-order valence-electron chi connectivity index (χ3n) is 5.90. The number of benzene rings is 1. The van der Waals surface area contributed by atoms with E-state index in [-0.39, 0.29) is 31.1 Å². The highest BCUT2D eigenvalue weighted by Gasteiger charge is 2.42. The molecule has 0 bridgehead atoms. The fourth-order valence-electron chi connectivity index (χ4n) is 4.20. The number of aryl methyl sites for hydroxylation is 1. The minimum Gasteiger partial charge on any atom is -0.332 e. The predicted molar refractivity (Wildman–Crippen MR) is 102 cm³/mol. The number of carbonyl (C=O) groups excluding carboxylic acids is 1. The zero-order valence-electron chi connectivity index (χ0n) is 17.3. The predicted octanol–water partition coefficient (Wildman–Crippen LogP) is 4.25. The first-order valence-corrected chi connectivity index (χ1v) is 10.2. The number of nitrogens with zero attached hydrogens (tertiary/aromatic N) is 5. The van der Waals surface area contributed by atoms with Crippen molar-refractivity contribution in [3.05, 3.63) is 58.3 Å². The molecule has 0 unspecified atom stereocenters. The Bertz CT molecular complexity index is 1250. The zero-order valence-corrected chi connectivity index (χ0v) is 17.3. The Balaban J connectivity index is 1.47. The molecule has 6 nitrogen and oxygen atoms in total.